The van der Waals surface area contributed by atoms with Gasteiger partial charge in [-0.15, -0.1) is 0 Å². The van der Waals surface area contributed by atoms with Gasteiger partial charge in [-0.05, 0) is 121 Å². The van der Waals surface area contributed by atoms with Gasteiger partial charge >= 0.3 is 0 Å². The average Bonchev–Trinajstić information content (AvgIpc) is 3.31. The average molecular weight is 739 g/mol. The molecule has 0 bridgehead atoms. The van der Waals surface area contributed by atoms with Crippen LogP contribution in [-0.4, -0.2) is 19.9 Å². The maximum absolute atomic E-state index is 4.74. The lowest BCUT2D eigenvalue weighted by molar-refractivity contribution is 1.37. The number of hydrogen-bond acceptors (Lipinski definition) is 4. The largest absolute Gasteiger partial charge is 0.254 e. The molecule has 0 N–H and O–H groups in total. The van der Waals surface area contributed by atoms with E-state index < -0.39 is 0 Å². The first kappa shape index (κ1) is 33.5. The molecule has 0 aliphatic heterocycles. The number of hydrogen-bond donors (Lipinski definition) is 0. The van der Waals surface area contributed by atoms with E-state index in [-0.39, 0.29) is 0 Å². The first-order chi connectivity index (χ1) is 28.7. The minimum Gasteiger partial charge on any atom is -0.254 e. The maximum Gasteiger partial charge on any atom is 0.0970 e. The van der Waals surface area contributed by atoms with Gasteiger partial charge in [0, 0.05) is 46.3 Å². The molecule has 7 aromatic carbocycles. The van der Waals surface area contributed by atoms with Crippen LogP contribution in [0.15, 0.2) is 207 Å². The Kier molecular flexibility index (Phi) is 8.11. The zero-order chi connectivity index (χ0) is 38.4. The fourth-order valence-corrected chi connectivity index (χ4v) is 8.33. The second kappa shape index (κ2) is 14.0. The molecule has 0 atom stereocenters. The predicted molar refractivity (Wildman–Crippen MR) is 240 cm³/mol. The molecule has 0 fully saturated rings. The molecule has 0 radical (unpaired) electrons. The van der Waals surface area contributed by atoms with E-state index >= 15 is 0 Å². The van der Waals surface area contributed by atoms with E-state index in [0.29, 0.717) is 0 Å². The fourth-order valence-electron chi connectivity index (χ4n) is 8.33. The number of benzene rings is 7. The van der Waals surface area contributed by atoms with Crippen LogP contribution in [0.3, 0.4) is 0 Å². The summed E-state index contributed by atoms with van der Waals surface area (Å²) in [6.45, 7) is 0. The van der Waals surface area contributed by atoms with Crippen LogP contribution in [0.1, 0.15) is 0 Å². The summed E-state index contributed by atoms with van der Waals surface area (Å²) in [5.74, 6) is 0. The molecule has 4 heterocycles. The number of aromatic nitrogens is 4. The van der Waals surface area contributed by atoms with E-state index in [0.717, 1.165) is 88.1 Å². The summed E-state index contributed by atoms with van der Waals surface area (Å²) >= 11 is 0. The molecular formula is C54H34N4. The SMILES string of the molecule is c1ccc(-c2ccc(-c3cc(-c4ccc(-c5cc6cccnc6c6ncccc56)cc4)cc(-c4ccc(-c5cc6cccnc6c6ncccc56)cc4)c3)cc2)cc1. The number of fused-ring (bicyclic) bond motifs is 6. The molecule has 0 aliphatic rings. The first-order valence-electron chi connectivity index (χ1n) is 19.5. The highest BCUT2D eigenvalue weighted by atomic mass is 14.7. The van der Waals surface area contributed by atoms with Gasteiger partial charge in [0.25, 0.3) is 0 Å². The van der Waals surface area contributed by atoms with Crippen molar-refractivity contribution in [2.45, 2.75) is 0 Å². The normalized spacial score (nSPS) is 11.4. The minimum absolute atomic E-state index is 0.920. The zero-order valence-electron chi connectivity index (χ0n) is 31.4. The van der Waals surface area contributed by atoms with Gasteiger partial charge in [0.15, 0.2) is 0 Å². The molecular weight excluding hydrogens is 705 g/mol. The highest BCUT2D eigenvalue weighted by molar-refractivity contribution is 6.11. The highest BCUT2D eigenvalue weighted by Gasteiger charge is 2.14. The van der Waals surface area contributed by atoms with Crippen molar-refractivity contribution in [2.75, 3.05) is 0 Å². The van der Waals surface area contributed by atoms with Crippen molar-refractivity contribution in [2.24, 2.45) is 0 Å². The van der Waals surface area contributed by atoms with Crippen LogP contribution in [0, 0.1) is 0 Å². The lowest BCUT2D eigenvalue weighted by Crippen LogP contribution is -1.90. The van der Waals surface area contributed by atoms with Crippen molar-refractivity contribution in [3.8, 4) is 66.8 Å². The zero-order valence-corrected chi connectivity index (χ0v) is 31.4. The second-order valence-electron chi connectivity index (χ2n) is 14.7. The molecule has 58 heavy (non-hydrogen) atoms. The van der Waals surface area contributed by atoms with Crippen LogP contribution >= 0.6 is 0 Å². The molecule has 270 valence electrons. The van der Waals surface area contributed by atoms with Crippen molar-refractivity contribution in [1.29, 1.82) is 0 Å². The Morgan fingerprint density at radius 3 is 0.966 bits per heavy atom. The van der Waals surface area contributed by atoms with Crippen LogP contribution in [0.2, 0.25) is 0 Å². The van der Waals surface area contributed by atoms with E-state index in [4.69, 9.17) is 9.97 Å². The van der Waals surface area contributed by atoms with E-state index in [9.17, 15) is 0 Å². The lowest BCUT2D eigenvalue weighted by Gasteiger charge is -2.14. The van der Waals surface area contributed by atoms with Crippen LogP contribution in [0.4, 0.5) is 0 Å². The van der Waals surface area contributed by atoms with Gasteiger partial charge in [-0.1, -0.05) is 127 Å². The second-order valence-corrected chi connectivity index (χ2v) is 14.7. The van der Waals surface area contributed by atoms with Crippen LogP contribution < -0.4 is 0 Å². The standard InChI is InChI=1S/C54H34N4/c1-2-8-35(9-3-1)36-14-16-37(17-15-36)44-30-45(38-18-22-40(23-19-38)49-33-42-10-4-26-55-51(42)53-47(49)12-6-28-57-53)32-46(31-44)39-20-24-41(25-21-39)50-34-43-11-5-27-56-52(43)54-48(50)13-7-29-58-54/h1-34H. The minimum atomic E-state index is 0.920. The third kappa shape index (κ3) is 5.96. The van der Waals surface area contributed by atoms with E-state index in [1.165, 1.54) is 22.3 Å². The molecule has 0 amide bonds. The summed E-state index contributed by atoms with van der Waals surface area (Å²) in [7, 11) is 0. The quantitative estimate of drug-likeness (QED) is 0.159. The Morgan fingerprint density at radius 2 is 0.552 bits per heavy atom. The first-order valence-corrected chi connectivity index (χ1v) is 19.5. The van der Waals surface area contributed by atoms with E-state index in [1.807, 2.05) is 49.1 Å². The summed E-state index contributed by atoms with van der Waals surface area (Å²) in [4.78, 5) is 18.8. The van der Waals surface area contributed by atoms with Crippen LogP contribution in [-0.2, 0) is 0 Å². The number of rotatable bonds is 6. The van der Waals surface area contributed by atoms with Crippen molar-refractivity contribution < 1.29 is 0 Å². The van der Waals surface area contributed by atoms with Gasteiger partial charge in [0.2, 0.25) is 0 Å². The monoisotopic (exact) mass is 738 g/mol. The summed E-state index contributed by atoms with van der Waals surface area (Å²) in [6, 6.07) is 65.2. The van der Waals surface area contributed by atoms with Gasteiger partial charge < -0.3 is 0 Å². The number of pyridine rings is 4. The Balaban J connectivity index is 1.01. The molecule has 4 heteroatoms. The lowest BCUT2D eigenvalue weighted by atomic mass is 9.90. The van der Waals surface area contributed by atoms with Gasteiger partial charge in [-0.2, -0.15) is 0 Å². The van der Waals surface area contributed by atoms with Crippen LogP contribution in [0.25, 0.3) is 110 Å². The summed E-state index contributed by atoms with van der Waals surface area (Å²) in [6.07, 6.45) is 7.36. The van der Waals surface area contributed by atoms with Crippen LogP contribution in [0.5, 0.6) is 0 Å². The smallest absolute Gasteiger partial charge is 0.0970 e. The van der Waals surface area contributed by atoms with Crippen molar-refractivity contribution in [3.63, 3.8) is 0 Å². The molecule has 0 saturated heterocycles. The highest BCUT2D eigenvalue weighted by Crippen LogP contribution is 2.39. The Morgan fingerprint density at radius 1 is 0.224 bits per heavy atom. The molecule has 0 saturated carbocycles. The fraction of sp³-hybridized carbons (Fsp3) is 0. The van der Waals surface area contributed by atoms with Gasteiger partial charge in [0.1, 0.15) is 0 Å². The molecule has 11 aromatic rings. The van der Waals surface area contributed by atoms with E-state index in [1.54, 1.807) is 0 Å². The molecule has 0 unspecified atom stereocenters. The third-order valence-corrected chi connectivity index (χ3v) is 11.2. The maximum atomic E-state index is 4.74. The van der Waals surface area contributed by atoms with Gasteiger partial charge in [-0.25, -0.2) is 0 Å². The van der Waals surface area contributed by atoms with Gasteiger partial charge in [-0.3, -0.25) is 19.9 Å². The third-order valence-electron chi connectivity index (χ3n) is 11.2. The Bertz CT molecular complexity index is 3120. The predicted octanol–water partition coefficient (Wildman–Crippen LogP) is 13.9. The molecule has 4 nitrogen and oxygen atoms in total. The molecule has 0 aliphatic carbocycles. The summed E-state index contributed by atoms with van der Waals surface area (Å²) in [5, 5.41) is 4.35. The van der Waals surface area contributed by atoms with Crippen molar-refractivity contribution >= 4 is 43.6 Å². The number of nitrogens with zero attached hydrogens (tertiary/aromatic N) is 4. The summed E-state index contributed by atoms with van der Waals surface area (Å²) < 4.78 is 0. The van der Waals surface area contributed by atoms with Gasteiger partial charge in [0.05, 0.1) is 22.1 Å². The Hall–Kier alpha value is -7.82. The molecule has 11 rings (SSSR count). The Labute approximate surface area is 335 Å². The topological polar surface area (TPSA) is 51.6 Å². The van der Waals surface area contributed by atoms with Crippen molar-refractivity contribution in [3.05, 3.63) is 207 Å². The summed E-state index contributed by atoms with van der Waals surface area (Å²) in [5.41, 5.74) is 17.6. The van der Waals surface area contributed by atoms with Crippen molar-refractivity contribution in [1.82, 2.24) is 19.9 Å². The van der Waals surface area contributed by atoms with E-state index in [2.05, 4.69) is 168 Å². The molecule has 0 spiro atoms. The molecule has 4 aromatic heterocycles.